The summed E-state index contributed by atoms with van der Waals surface area (Å²) in [6, 6.07) is 8.33. The van der Waals surface area contributed by atoms with Gasteiger partial charge in [-0.1, -0.05) is 19.1 Å². The minimum Gasteiger partial charge on any atom is -0.379 e. The highest BCUT2D eigenvalue weighted by Crippen LogP contribution is 2.35. The number of hydrogen-bond donors (Lipinski definition) is 1. The number of benzene rings is 1. The second-order valence-corrected chi connectivity index (χ2v) is 6.65. The Morgan fingerprint density at radius 1 is 1.43 bits per heavy atom. The molecule has 1 aromatic carbocycles. The van der Waals surface area contributed by atoms with Gasteiger partial charge in [-0.15, -0.1) is 11.8 Å². The molecule has 1 N–H and O–H groups in total. The molecule has 5 heteroatoms. The van der Waals surface area contributed by atoms with Crippen molar-refractivity contribution in [1.82, 2.24) is 5.32 Å². The predicted octanol–water partition coefficient (Wildman–Crippen LogP) is 2.14. The lowest BCUT2D eigenvalue weighted by Crippen LogP contribution is -2.47. The van der Waals surface area contributed by atoms with Crippen molar-refractivity contribution >= 4 is 23.4 Å². The summed E-state index contributed by atoms with van der Waals surface area (Å²) in [6.45, 7) is 5.03. The van der Waals surface area contributed by atoms with E-state index in [1.165, 1.54) is 4.90 Å². The maximum atomic E-state index is 12.9. The number of hydrogen-bond acceptors (Lipinski definition) is 4. The zero-order chi connectivity index (χ0) is 14.7. The summed E-state index contributed by atoms with van der Waals surface area (Å²) in [6.07, 6.45) is 1.07. The minimum absolute atomic E-state index is 0.0623. The fourth-order valence-electron chi connectivity index (χ4n) is 2.93. The van der Waals surface area contributed by atoms with Gasteiger partial charge in [0.1, 0.15) is 0 Å². The molecule has 0 aromatic heterocycles. The number of fused-ring (bicyclic) bond motifs is 1. The number of nitrogens with zero attached hydrogens (tertiary/aromatic N) is 1. The van der Waals surface area contributed by atoms with E-state index in [9.17, 15) is 4.79 Å². The topological polar surface area (TPSA) is 41.6 Å². The largest absolute Gasteiger partial charge is 0.379 e. The molecule has 0 bridgehead atoms. The highest BCUT2D eigenvalue weighted by Gasteiger charge is 2.37. The first-order chi connectivity index (χ1) is 10.3. The number of carbonyl (C=O) groups excluding carboxylic acids is 1. The summed E-state index contributed by atoms with van der Waals surface area (Å²) < 4.78 is 5.55. The van der Waals surface area contributed by atoms with Gasteiger partial charge in [0.25, 0.3) is 0 Å². The van der Waals surface area contributed by atoms with Crippen LogP contribution in [0.1, 0.15) is 13.3 Å². The standard InChI is InChI=1S/C16H22N2O2S/c1-2-7-17-13-11-20-10-12(13)16(19)18-8-9-21-15-6-4-3-5-14(15)18/h3-6,12-13,17H,2,7-11H2,1H3. The number of thioether (sulfide) groups is 1. The number of anilines is 1. The summed E-state index contributed by atoms with van der Waals surface area (Å²) in [4.78, 5) is 16.1. The van der Waals surface area contributed by atoms with Crippen LogP contribution < -0.4 is 10.2 Å². The summed E-state index contributed by atoms with van der Waals surface area (Å²) in [5.41, 5.74) is 1.06. The maximum Gasteiger partial charge on any atom is 0.234 e. The molecule has 0 aliphatic carbocycles. The molecule has 3 rings (SSSR count). The smallest absolute Gasteiger partial charge is 0.234 e. The minimum atomic E-state index is -0.0623. The molecular weight excluding hydrogens is 284 g/mol. The molecule has 114 valence electrons. The third-order valence-corrected chi connectivity index (χ3v) is 5.09. The van der Waals surface area contributed by atoms with E-state index in [0.29, 0.717) is 13.2 Å². The van der Waals surface area contributed by atoms with E-state index in [1.54, 1.807) is 0 Å². The quantitative estimate of drug-likeness (QED) is 0.925. The molecule has 2 aliphatic rings. The van der Waals surface area contributed by atoms with E-state index in [0.717, 1.165) is 31.0 Å². The lowest BCUT2D eigenvalue weighted by Gasteiger charge is -2.32. The number of ether oxygens (including phenoxy) is 1. The van der Waals surface area contributed by atoms with Crippen LogP contribution in [-0.2, 0) is 9.53 Å². The molecule has 21 heavy (non-hydrogen) atoms. The highest BCUT2D eigenvalue weighted by molar-refractivity contribution is 7.99. The Balaban J connectivity index is 1.76. The van der Waals surface area contributed by atoms with E-state index >= 15 is 0 Å². The van der Waals surface area contributed by atoms with Gasteiger partial charge < -0.3 is 15.0 Å². The van der Waals surface area contributed by atoms with Crippen LogP contribution in [0.25, 0.3) is 0 Å². The fourth-order valence-corrected chi connectivity index (χ4v) is 3.92. The van der Waals surface area contributed by atoms with Crippen LogP contribution in [0.4, 0.5) is 5.69 Å². The van der Waals surface area contributed by atoms with Crippen LogP contribution in [0.3, 0.4) is 0 Å². The first-order valence-corrected chi connectivity index (χ1v) is 8.64. The molecular formula is C16H22N2O2S. The number of rotatable bonds is 4. The van der Waals surface area contributed by atoms with Gasteiger partial charge in [0.2, 0.25) is 5.91 Å². The van der Waals surface area contributed by atoms with Crippen molar-refractivity contribution in [3.8, 4) is 0 Å². The van der Waals surface area contributed by atoms with E-state index in [1.807, 2.05) is 34.9 Å². The van der Waals surface area contributed by atoms with Crippen LogP contribution >= 0.6 is 11.8 Å². The molecule has 2 unspecified atom stereocenters. The first-order valence-electron chi connectivity index (χ1n) is 7.65. The zero-order valence-electron chi connectivity index (χ0n) is 12.4. The summed E-state index contributed by atoms with van der Waals surface area (Å²) in [5.74, 6) is 1.10. The second kappa shape index (κ2) is 6.81. The second-order valence-electron chi connectivity index (χ2n) is 5.51. The average molecular weight is 306 g/mol. The predicted molar refractivity (Wildman–Crippen MR) is 85.9 cm³/mol. The van der Waals surface area contributed by atoms with Crippen LogP contribution in [0.2, 0.25) is 0 Å². The number of amides is 1. The van der Waals surface area contributed by atoms with Gasteiger partial charge in [0.15, 0.2) is 0 Å². The molecule has 2 aliphatic heterocycles. The molecule has 0 radical (unpaired) electrons. The molecule has 2 atom stereocenters. The Kier molecular flexibility index (Phi) is 4.83. The summed E-state index contributed by atoms with van der Waals surface area (Å²) in [5, 5.41) is 3.45. The number of nitrogens with one attached hydrogen (secondary N) is 1. The van der Waals surface area contributed by atoms with Crippen LogP contribution in [0, 0.1) is 5.92 Å². The highest BCUT2D eigenvalue weighted by atomic mass is 32.2. The average Bonchev–Trinajstić information content (AvgIpc) is 3.00. The maximum absolute atomic E-state index is 12.9. The van der Waals surface area contributed by atoms with Crippen molar-refractivity contribution in [3.05, 3.63) is 24.3 Å². The Morgan fingerprint density at radius 3 is 3.14 bits per heavy atom. The van der Waals surface area contributed by atoms with Crippen molar-refractivity contribution in [3.63, 3.8) is 0 Å². The monoisotopic (exact) mass is 306 g/mol. The molecule has 1 fully saturated rings. The number of para-hydroxylation sites is 1. The van der Waals surface area contributed by atoms with Crippen LogP contribution in [0.5, 0.6) is 0 Å². The van der Waals surface area contributed by atoms with Gasteiger partial charge in [-0.2, -0.15) is 0 Å². The van der Waals surface area contributed by atoms with Crippen LogP contribution in [-0.4, -0.2) is 44.0 Å². The van der Waals surface area contributed by atoms with E-state index in [2.05, 4.69) is 18.3 Å². The molecule has 1 aromatic rings. The molecule has 1 saturated heterocycles. The normalized spacial score (nSPS) is 24.9. The number of carbonyl (C=O) groups is 1. The lowest BCUT2D eigenvalue weighted by atomic mass is 10.0. The van der Waals surface area contributed by atoms with E-state index < -0.39 is 0 Å². The first kappa shape index (κ1) is 14.9. The zero-order valence-corrected chi connectivity index (χ0v) is 13.2. The fraction of sp³-hybridized carbons (Fsp3) is 0.562. The lowest BCUT2D eigenvalue weighted by molar-refractivity contribution is -0.122. The van der Waals surface area contributed by atoms with Crippen molar-refractivity contribution in [1.29, 1.82) is 0 Å². The summed E-state index contributed by atoms with van der Waals surface area (Å²) >= 11 is 1.83. The van der Waals surface area contributed by atoms with Gasteiger partial charge in [-0.3, -0.25) is 4.79 Å². The third kappa shape index (κ3) is 3.10. The van der Waals surface area contributed by atoms with Gasteiger partial charge in [-0.05, 0) is 25.1 Å². The van der Waals surface area contributed by atoms with Crippen molar-refractivity contribution in [2.45, 2.75) is 24.3 Å². The van der Waals surface area contributed by atoms with Crippen molar-refractivity contribution in [2.75, 3.05) is 37.0 Å². The molecule has 0 saturated carbocycles. The molecule has 1 amide bonds. The van der Waals surface area contributed by atoms with Gasteiger partial charge in [0, 0.05) is 23.2 Å². The van der Waals surface area contributed by atoms with Crippen LogP contribution in [0.15, 0.2) is 29.2 Å². The van der Waals surface area contributed by atoms with Gasteiger partial charge in [0.05, 0.1) is 24.8 Å². The Morgan fingerprint density at radius 2 is 2.29 bits per heavy atom. The van der Waals surface area contributed by atoms with E-state index in [4.69, 9.17) is 4.74 Å². The third-order valence-electron chi connectivity index (χ3n) is 4.05. The van der Waals surface area contributed by atoms with E-state index in [-0.39, 0.29) is 17.9 Å². The Labute approximate surface area is 130 Å². The molecule has 2 heterocycles. The Hall–Kier alpha value is -1.04. The SMILES string of the molecule is CCCNC1COCC1C(=O)N1CCSc2ccccc21. The molecule has 0 spiro atoms. The Bertz CT molecular complexity index is 509. The molecule has 4 nitrogen and oxygen atoms in total. The van der Waals surface area contributed by atoms with Gasteiger partial charge in [-0.25, -0.2) is 0 Å². The summed E-state index contributed by atoms with van der Waals surface area (Å²) in [7, 11) is 0. The van der Waals surface area contributed by atoms with Crippen molar-refractivity contribution < 1.29 is 9.53 Å². The van der Waals surface area contributed by atoms with Crippen molar-refractivity contribution in [2.24, 2.45) is 5.92 Å². The van der Waals surface area contributed by atoms with Gasteiger partial charge >= 0.3 is 0 Å².